The number of amides is 2. The summed E-state index contributed by atoms with van der Waals surface area (Å²) in [5, 5.41) is 0. The highest BCUT2D eigenvalue weighted by Gasteiger charge is 2.28. The van der Waals surface area contributed by atoms with Crippen LogP contribution in [0.1, 0.15) is 31.1 Å². The fourth-order valence-electron chi connectivity index (χ4n) is 2.10. The van der Waals surface area contributed by atoms with Crippen LogP contribution in [0.3, 0.4) is 0 Å². The van der Waals surface area contributed by atoms with Gasteiger partial charge in [0, 0.05) is 18.7 Å². The molecule has 0 unspecified atom stereocenters. The van der Waals surface area contributed by atoms with Gasteiger partial charge in [-0.05, 0) is 32.9 Å². The average Bonchev–Trinajstić information content (AvgIpc) is 2.46. The van der Waals surface area contributed by atoms with Gasteiger partial charge in [0.15, 0.2) is 0 Å². The third-order valence-electron chi connectivity index (χ3n) is 3.28. The summed E-state index contributed by atoms with van der Waals surface area (Å²) >= 11 is 0. The molecule has 2 amide bonds. The molecule has 0 aromatic heterocycles. The van der Waals surface area contributed by atoms with E-state index in [4.69, 9.17) is 4.74 Å². The molecule has 0 atom stereocenters. The second-order valence-corrected chi connectivity index (χ2v) is 8.95. The number of carbonyl (C=O) groups is 2. The highest BCUT2D eigenvalue weighted by atomic mass is 32.2. The minimum Gasteiger partial charge on any atom is -0.444 e. The molecule has 126 valence electrons. The summed E-state index contributed by atoms with van der Waals surface area (Å²) in [5.41, 5.74) is -0.145. The van der Waals surface area contributed by atoms with E-state index in [0.29, 0.717) is 5.56 Å². The van der Waals surface area contributed by atoms with Crippen LogP contribution in [0.25, 0.3) is 0 Å². The topological polar surface area (TPSA) is 76.0 Å². The number of hydrogen-bond donors (Lipinski definition) is 0. The second kappa shape index (κ2) is 6.70. The van der Waals surface area contributed by atoms with Crippen molar-refractivity contribution >= 4 is 21.7 Å². The monoisotopic (exact) mass is 338 g/mol. The first kappa shape index (κ1) is 17.5. The number of ether oxygens (including phenoxy) is 1. The lowest BCUT2D eigenvalue weighted by atomic mass is 10.2. The van der Waals surface area contributed by atoms with Gasteiger partial charge >= 0.3 is 6.09 Å². The SMILES string of the molecule is CC(C)(C)OC(=O)N1CCS(=O)(=NC(=O)c2ccccc2)CC1. The maximum atomic E-state index is 12.7. The molecule has 7 heteroatoms. The molecule has 1 saturated heterocycles. The molecular formula is C16H22N2O4S. The van der Waals surface area contributed by atoms with E-state index >= 15 is 0 Å². The van der Waals surface area contributed by atoms with Crippen molar-refractivity contribution < 1.29 is 18.5 Å². The summed E-state index contributed by atoms with van der Waals surface area (Å²) in [6.07, 6.45) is -0.423. The van der Waals surface area contributed by atoms with Crippen molar-refractivity contribution in [2.75, 3.05) is 24.6 Å². The molecule has 1 heterocycles. The Morgan fingerprint density at radius 2 is 1.70 bits per heavy atom. The zero-order valence-corrected chi connectivity index (χ0v) is 14.5. The number of rotatable bonds is 1. The van der Waals surface area contributed by atoms with Crippen LogP contribution in [0.4, 0.5) is 4.79 Å². The van der Waals surface area contributed by atoms with E-state index in [9.17, 15) is 13.8 Å². The first-order chi connectivity index (χ1) is 10.7. The second-order valence-electron chi connectivity index (χ2n) is 6.41. The molecule has 0 N–H and O–H groups in total. The average molecular weight is 338 g/mol. The zero-order valence-electron chi connectivity index (χ0n) is 13.7. The third-order valence-corrected chi connectivity index (χ3v) is 5.42. The van der Waals surface area contributed by atoms with Crippen LogP contribution in [-0.2, 0) is 14.5 Å². The Kier molecular flexibility index (Phi) is 5.09. The maximum absolute atomic E-state index is 12.7. The normalized spacial score (nSPS) is 17.4. The molecule has 23 heavy (non-hydrogen) atoms. The van der Waals surface area contributed by atoms with Crippen LogP contribution in [-0.4, -0.2) is 51.3 Å². The fourth-order valence-corrected chi connectivity index (χ4v) is 3.91. The fraction of sp³-hybridized carbons (Fsp3) is 0.500. The molecule has 0 saturated carbocycles. The third kappa shape index (κ3) is 5.06. The standard InChI is InChI=1S/C16H22N2O4S/c1-16(2,3)22-15(20)18-9-11-23(21,12-10-18)17-14(19)13-7-5-4-6-8-13/h4-8H,9-12H2,1-3H3. The molecule has 6 nitrogen and oxygen atoms in total. The summed E-state index contributed by atoms with van der Waals surface area (Å²) in [4.78, 5) is 25.6. The van der Waals surface area contributed by atoms with Gasteiger partial charge in [-0.3, -0.25) is 4.79 Å². The lowest BCUT2D eigenvalue weighted by Gasteiger charge is -2.30. The molecule has 2 rings (SSSR count). The van der Waals surface area contributed by atoms with E-state index in [1.54, 1.807) is 51.1 Å². The molecular weight excluding hydrogens is 316 g/mol. The Hall–Kier alpha value is -1.89. The van der Waals surface area contributed by atoms with Crippen molar-refractivity contribution in [3.8, 4) is 0 Å². The first-order valence-corrected chi connectivity index (χ1v) is 9.34. The van der Waals surface area contributed by atoms with E-state index in [2.05, 4.69) is 4.36 Å². The molecule has 1 fully saturated rings. The Morgan fingerprint density at radius 1 is 1.13 bits per heavy atom. The van der Waals surface area contributed by atoms with E-state index < -0.39 is 27.3 Å². The van der Waals surface area contributed by atoms with Crippen molar-refractivity contribution in [3.05, 3.63) is 35.9 Å². The lowest BCUT2D eigenvalue weighted by Crippen LogP contribution is -2.45. The van der Waals surface area contributed by atoms with Crippen molar-refractivity contribution in [3.63, 3.8) is 0 Å². The van der Waals surface area contributed by atoms with Gasteiger partial charge in [0.05, 0.1) is 21.2 Å². The van der Waals surface area contributed by atoms with Crippen molar-refractivity contribution in [1.29, 1.82) is 0 Å². The van der Waals surface area contributed by atoms with Crippen molar-refractivity contribution in [1.82, 2.24) is 4.90 Å². The highest BCUT2D eigenvalue weighted by molar-refractivity contribution is 7.94. The maximum Gasteiger partial charge on any atom is 0.410 e. The molecule has 1 aliphatic heterocycles. The Balaban J connectivity index is 2.02. The number of benzene rings is 1. The van der Waals surface area contributed by atoms with Gasteiger partial charge in [0.1, 0.15) is 5.60 Å². The number of carbonyl (C=O) groups excluding carboxylic acids is 2. The van der Waals surface area contributed by atoms with Gasteiger partial charge in [0.25, 0.3) is 5.91 Å². The molecule has 1 aliphatic rings. The van der Waals surface area contributed by atoms with Gasteiger partial charge in [-0.15, -0.1) is 0 Å². The Morgan fingerprint density at radius 3 is 2.22 bits per heavy atom. The van der Waals surface area contributed by atoms with Crippen molar-refractivity contribution in [2.24, 2.45) is 4.36 Å². The highest BCUT2D eigenvalue weighted by Crippen LogP contribution is 2.14. The van der Waals surface area contributed by atoms with Gasteiger partial charge in [-0.1, -0.05) is 18.2 Å². The largest absolute Gasteiger partial charge is 0.444 e. The molecule has 0 bridgehead atoms. The number of hydrogen-bond acceptors (Lipinski definition) is 4. The van der Waals surface area contributed by atoms with Gasteiger partial charge in [0.2, 0.25) is 0 Å². The molecule has 0 radical (unpaired) electrons. The van der Waals surface area contributed by atoms with Crippen LogP contribution in [0.15, 0.2) is 34.7 Å². The zero-order chi connectivity index (χ0) is 17.1. The first-order valence-electron chi connectivity index (χ1n) is 7.48. The van der Waals surface area contributed by atoms with Gasteiger partial charge < -0.3 is 9.64 Å². The van der Waals surface area contributed by atoms with E-state index in [1.807, 2.05) is 0 Å². The summed E-state index contributed by atoms with van der Waals surface area (Å²) < 4.78 is 21.9. The molecule has 0 spiro atoms. The van der Waals surface area contributed by atoms with Crippen LogP contribution in [0.5, 0.6) is 0 Å². The smallest absolute Gasteiger partial charge is 0.410 e. The number of nitrogens with zero attached hydrogens (tertiary/aromatic N) is 2. The van der Waals surface area contributed by atoms with Crippen LogP contribution in [0, 0.1) is 0 Å². The summed E-state index contributed by atoms with van der Waals surface area (Å²) in [7, 11) is -2.62. The van der Waals surface area contributed by atoms with E-state index in [0.717, 1.165) is 0 Å². The quantitative estimate of drug-likeness (QED) is 0.788. The van der Waals surface area contributed by atoms with Crippen LogP contribution >= 0.6 is 0 Å². The minimum atomic E-state index is -2.62. The predicted octanol–water partition coefficient (Wildman–Crippen LogP) is 2.55. The minimum absolute atomic E-state index is 0.185. The van der Waals surface area contributed by atoms with Crippen molar-refractivity contribution in [2.45, 2.75) is 26.4 Å². The van der Waals surface area contributed by atoms with Crippen LogP contribution < -0.4 is 0 Å². The Labute approximate surface area is 137 Å². The molecule has 1 aromatic rings. The van der Waals surface area contributed by atoms with Gasteiger partial charge in [-0.25, -0.2) is 9.00 Å². The predicted molar refractivity (Wildman–Crippen MR) is 88.9 cm³/mol. The summed E-state index contributed by atoms with van der Waals surface area (Å²) in [5.74, 6) is -0.100. The summed E-state index contributed by atoms with van der Waals surface area (Å²) in [6, 6.07) is 8.56. The lowest BCUT2D eigenvalue weighted by molar-refractivity contribution is 0.0268. The van der Waals surface area contributed by atoms with E-state index in [-0.39, 0.29) is 24.6 Å². The molecule has 1 aromatic carbocycles. The summed E-state index contributed by atoms with van der Waals surface area (Å²) in [6.45, 7) is 5.95. The molecule has 0 aliphatic carbocycles. The Bertz CT molecular complexity index is 687. The van der Waals surface area contributed by atoms with E-state index in [1.165, 1.54) is 4.90 Å². The van der Waals surface area contributed by atoms with Gasteiger partial charge in [-0.2, -0.15) is 4.36 Å². The van der Waals surface area contributed by atoms with Crippen LogP contribution in [0.2, 0.25) is 0 Å².